The van der Waals surface area contributed by atoms with Crippen molar-refractivity contribution in [2.75, 3.05) is 7.11 Å². The highest BCUT2D eigenvalue weighted by molar-refractivity contribution is 5.57. The van der Waals surface area contributed by atoms with Crippen LogP contribution >= 0.6 is 0 Å². The van der Waals surface area contributed by atoms with Crippen LogP contribution in [0.4, 0.5) is 5.95 Å². The van der Waals surface area contributed by atoms with E-state index in [9.17, 15) is 0 Å². The SMILES string of the molecule is CONC=Nc1nc2nccc([C@@H](C)Oc3ccccc3)n2n1. The fourth-order valence-corrected chi connectivity index (χ4v) is 2.06. The molecule has 1 N–H and O–H groups in total. The average Bonchev–Trinajstić information content (AvgIpc) is 2.98. The molecule has 0 spiro atoms. The van der Waals surface area contributed by atoms with Crippen molar-refractivity contribution in [1.82, 2.24) is 25.1 Å². The predicted octanol–water partition coefficient (Wildman–Crippen LogP) is 2.08. The number of fused-ring (bicyclic) bond motifs is 1. The zero-order valence-electron chi connectivity index (χ0n) is 12.7. The molecule has 1 atom stereocenters. The molecule has 3 rings (SSSR count). The first-order valence-electron chi connectivity index (χ1n) is 7.02. The Labute approximate surface area is 132 Å². The van der Waals surface area contributed by atoms with E-state index in [-0.39, 0.29) is 12.1 Å². The second-order valence-electron chi connectivity index (χ2n) is 4.65. The number of nitrogens with one attached hydrogen (secondary N) is 1. The van der Waals surface area contributed by atoms with Gasteiger partial charge in [-0.05, 0) is 25.1 Å². The summed E-state index contributed by atoms with van der Waals surface area (Å²) in [6.07, 6.45) is 2.81. The highest BCUT2D eigenvalue weighted by Gasteiger charge is 2.14. The number of aromatic nitrogens is 4. The van der Waals surface area contributed by atoms with Gasteiger partial charge in [0.05, 0.1) is 12.8 Å². The molecule has 0 fully saturated rings. The summed E-state index contributed by atoms with van der Waals surface area (Å²) in [6.45, 7) is 1.94. The molecule has 0 bridgehead atoms. The van der Waals surface area contributed by atoms with Gasteiger partial charge in [-0.25, -0.2) is 4.98 Å². The molecule has 2 aromatic heterocycles. The number of para-hydroxylation sites is 1. The Morgan fingerprint density at radius 1 is 1.26 bits per heavy atom. The van der Waals surface area contributed by atoms with Gasteiger partial charge in [-0.1, -0.05) is 18.2 Å². The maximum atomic E-state index is 5.93. The second-order valence-corrected chi connectivity index (χ2v) is 4.65. The van der Waals surface area contributed by atoms with E-state index in [1.54, 1.807) is 10.7 Å². The predicted molar refractivity (Wildman–Crippen MR) is 84.6 cm³/mol. The van der Waals surface area contributed by atoms with Crippen molar-refractivity contribution < 1.29 is 9.57 Å². The van der Waals surface area contributed by atoms with Crippen LogP contribution in [0.1, 0.15) is 18.7 Å². The van der Waals surface area contributed by atoms with E-state index in [1.807, 2.05) is 43.3 Å². The van der Waals surface area contributed by atoms with Gasteiger partial charge in [0.15, 0.2) is 0 Å². The molecule has 118 valence electrons. The lowest BCUT2D eigenvalue weighted by molar-refractivity contribution is 0.148. The molecule has 0 saturated carbocycles. The van der Waals surface area contributed by atoms with Crippen LogP contribution in [0.25, 0.3) is 5.78 Å². The Kier molecular flexibility index (Phi) is 4.44. The van der Waals surface area contributed by atoms with Gasteiger partial charge in [-0.15, -0.1) is 5.10 Å². The van der Waals surface area contributed by atoms with E-state index >= 15 is 0 Å². The van der Waals surface area contributed by atoms with Crippen LogP contribution in [0.15, 0.2) is 47.6 Å². The molecule has 23 heavy (non-hydrogen) atoms. The minimum absolute atomic E-state index is 0.224. The van der Waals surface area contributed by atoms with E-state index in [0.29, 0.717) is 5.78 Å². The summed E-state index contributed by atoms with van der Waals surface area (Å²) in [5, 5.41) is 4.32. The largest absolute Gasteiger partial charge is 0.484 e. The minimum atomic E-state index is -0.224. The lowest BCUT2D eigenvalue weighted by atomic mass is 10.2. The second kappa shape index (κ2) is 6.84. The molecule has 0 aliphatic carbocycles. The van der Waals surface area contributed by atoms with E-state index in [1.165, 1.54) is 13.4 Å². The Balaban J connectivity index is 1.88. The summed E-state index contributed by atoms with van der Waals surface area (Å²) in [6, 6.07) is 11.4. The Morgan fingerprint density at radius 2 is 2.09 bits per heavy atom. The Hall–Kier alpha value is -3.00. The molecule has 0 aliphatic rings. The number of rotatable bonds is 6. The minimum Gasteiger partial charge on any atom is -0.484 e. The molecule has 8 heteroatoms. The van der Waals surface area contributed by atoms with Gasteiger partial charge in [-0.2, -0.15) is 14.5 Å². The molecule has 1 aromatic carbocycles. The first-order valence-corrected chi connectivity index (χ1v) is 7.02. The Bertz CT molecular complexity index is 802. The van der Waals surface area contributed by atoms with E-state index in [4.69, 9.17) is 4.74 Å². The molecule has 0 radical (unpaired) electrons. The fraction of sp³-hybridized carbons (Fsp3) is 0.200. The van der Waals surface area contributed by atoms with E-state index in [0.717, 1.165) is 11.4 Å². The zero-order valence-corrected chi connectivity index (χ0v) is 12.7. The Morgan fingerprint density at radius 3 is 2.87 bits per heavy atom. The number of hydrogen-bond acceptors (Lipinski definition) is 6. The van der Waals surface area contributed by atoms with Crippen LogP contribution in [0.5, 0.6) is 5.75 Å². The van der Waals surface area contributed by atoms with Crippen LogP contribution in [0.2, 0.25) is 0 Å². The molecule has 0 saturated heterocycles. The van der Waals surface area contributed by atoms with Gasteiger partial charge in [0.2, 0.25) is 0 Å². The summed E-state index contributed by atoms with van der Waals surface area (Å²) in [7, 11) is 1.49. The van der Waals surface area contributed by atoms with Gasteiger partial charge < -0.3 is 4.74 Å². The van der Waals surface area contributed by atoms with Crippen LogP contribution in [-0.2, 0) is 4.84 Å². The summed E-state index contributed by atoms with van der Waals surface area (Å²) in [4.78, 5) is 17.1. The fourth-order valence-electron chi connectivity index (χ4n) is 2.06. The molecule has 0 aliphatic heterocycles. The van der Waals surface area contributed by atoms with Gasteiger partial charge in [0.25, 0.3) is 11.7 Å². The van der Waals surface area contributed by atoms with Crippen molar-refractivity contribution in [2.45, 2.75) is 13.0 Å². The molecule has 2 heterocycles. The summed E-state index contributed by atoms with van der Waals surface area (Å²) < 4.78 is 7.55. The van der Waals surface area contributed by atoms with Crippen LogP contribution in [0.3, 0.4) is 0 Å². The summed E-state index contributed by atoms with van der Waals surface area (Å²) >= 11 is 0. The third-order valence-electron chi connectivity index (χ3n) is 3.08. The third kappa shape index (κ3) is 3.43. The zero-order chi connectivity index (χ0) is 16.1. The van der Waals surface area contributed by atoms with Crippen LogP contribution < -0.4 is 10.2 Å². The summed E-state index contributed by atoms with van der Waals surface area (Å²) in [5.74, 6) is 1.52. The van der Waals surface area contributed by atoms with Crippen LogP contribution in [-0.4, -0.2) is 33.0 Å². The third-order valence-corrected chi connectivity index (χ3v) is 3.08. The number of aliphatic imine (C=N–C) groups is 1. The topological polar surface area (TPSA) is 85.9 Å². The van der Waals surface area contributed by atoms with Gasteiger partial charge in [0, 0.05) is 6.20 Å². The molecule has 0 amide bonds. The van der Waals surface area contributed by atoms with Gasteiger partial charge in [0.1, 0.15) is 18.2 Å². The maximum absolute atomic E-state index is 5.93. The average molecular weight is 312 g/mol. The van der Waals surface area contributed by atoms with E-state index in [2.05, 4.69) is 30.4 Å². The molecular weight excluding hydrogens is 296 g/mol. The molecule has 3 aromatic rings. The number of hydroxylamine groups is 1. The number of ether oxygens (including phenoxy) is 1. The van der Waals surface area contributed by atoms with Crippen molar-refractivity contribution >= 4 is 18.1 Å². The quantitative estimate of drug-likeness (QED) is 0.426. The number of benzene rings is 1. The van der Waals surface area contributed by atoms with Crippen molar-refractivity contribution in [3.63, 3.8) is 0 Å². The van der Waals surface area contributed by atoms with Gasteiger partial charge in [-0.3, -0.25) is 10.3 Å². The highest BCUT2D eigenvalue weighted by atomic mass is 16.6. The highest BCUT2D eigenvalue weighted by Crippen LogP contribution is 2.21. The monoisotopic (exact) mass is 312 g/mol. The molecule has 0 unspecified atom stereocenters. The first kappa shape index (κ1) is 14.9. The van der Waals surface area contributed by atoms with E-state index < -0.39 is 0 Å². The van der Waals surface area contributed by atoms with Crippen molar-refractivity contribution in [3.8, 4) is 5.75 Å². The summed E-state index contributed by atoms with van der Waals surface area (Å²) in [5.41, 5.74) is 3.31. The lowest BCUT2D eigenvalue weighted by Crippen LogP contribution is -2.10. The number of nitrogens with zero attached hydrogens (tertiary/aromatic N) is 5. The standard InChI is InChI=1S/C15H16N6O2/c1-11(23-12-6-4-3-5-7-12)13-8-9-16-15-19-14(20-21(13)15)17-10-18-22-2/h3-11H,1-2H3,(H,17,18,20)/t11-/m1/s1. The normalized spacial score (nSPS) is 12.6. The smallest absolute Gasteiger partial charge is 0.272 e. The maximum Gasteiger partial charge on any atom is 0.272 e. The molecule has 8 nitrogen and oxygen atoms in total. The van der Waals surface area contributed by atoms with Crippen LogP contribution in [0, 0.1) is 0 Å². The van der Waals surface area contributed by atoms with Gasteiger partial charge >= 0.3 is 0 Å². The number of hydrogen-bond donors (Lipinski definition) is 1. The van der Waals surface area contributed by atoms with Crippen molar-refractivity contribution in [1.29, 1.82) is 0 Å². The van der Waals surface area contributed by atoms with Crippen molar-refractivity contribution in [2.24, 2.45) is 4.99 Å². The first-order chi connectivity index (χ1) is 11.3. The van der Waals surface area contributed by atoms with Crippen molar-refractivity contribution in [3.05, 3.63) is 48.3 Å². The lowest BCUT2D eigenvalue weighted by Gasteiger charge is -2.15. The molecular formula is C15H16N6O2.